The lowest BCUT2D eigenvalue weighted by Crippen LogP contribution is -2.49. The van der Waals surface area contributed by atoms with Gasteiger partial charge < -0.3 is 5.32 Å². The molecule has 0 radical (unpaired) electrons. The minimum absolute atomic E-state index is 0.442. The first kappa shape index (κ1) is 16.4. The van der Waals surface area contributed by atoms with Gasteiger partial charge in [-0.25, -0.2) is 0 Å². The zero-order chi connectivity index (χ0) is 11.6. The maximum Gasteiger partial charge on any atom is 0.0153 e. The standard InChI is InChI=1S/C9H19N.2C2H6/c1-4-9(3)7-5-6-8(2)10-9;2*1-2/h8,10H,4-7H2,1-3H3;2*1-2H3. The van der Waals surface area contributed by atoms with Crippen molar-refractivity contribution in [3.63, 3.8) is 0 Å². The molecule has 1 nitrogen and oxygen atoms in total. The minimum atomic E-state index is 0.442. The summed E-state index contributed by atoms with van der Waals surface area (Å²) in [4.78, 5) is 0. The van der Waals surface area contributed by atoms with Crippen LogP contribution in [0.3, 0.4) is 0 Å². The Kier molecular flexibility index (Phi) is 11.1. The first-order valence-corrected chi connectivity index (χ1v) is 6.44. The number of nitrogens with one attached hydrogen (secondary N) is 1. The molecule has 1 N–H and O–H groups in total. The molecule has 1 aliphatic heterocycles. The molecule has 0 spiro atoms. The van der Waals surface area contributed by atoms with Gasteiger partial charge in [0.25, 0.3) is 0 Å². The molecule has 14 heavy (non-hydrogen) atoms. The molecule has 1 fully saturated rings. The van der Waals surface area contributed by atoms with E-state index in [0.717, 1.165) is 6.04 Å². The summed E-state index contributed by atoms with van der Waals surface area (Å²) in [6, 6.07) is 0.735. The quantitative estimate of drug-likeness (QED) is 0.664. The number of hydrogen-bond donors (Lipinski definition) is 1. The third-order valence-corrected chi connectivity index (χ3v) is 2.74. The van der Waals surface area contributed by atoms with E-state index in [4.69, 9.17) is 0 Å². The van der Waals surface area contributed by atoms with Crippen molar-refractivity contribution < 1.29 is 0 Å². The SMILES string of the molecule is CC.CC.CCC1(C)CCCC(C)N1. The molecule has 0 aromatic rings. The van der Waals surface area contributed by atoms with E-state index >= 15 is 0 Å². The average molecular weight is 201 g/mol. The van der Waals surface area contributed by atoms with Crippen molar-refractivity contribution in [3.05, 3.63) is 0 Å². The van der Waals surface area contributed by atoms with Gasteiger partial charge in [-0.15, -0.1) is 0 Å². The Morgan fingerprint density at radius 2 is 1.71 bits per heavy atom. The third kappa shape index (κ3) is 6.42. The molecule has 1 saturated heterocycles. The lowest BCUT2D eigenvalue weighted by Gasteiger charge is -2.38. The van der Waals surface area contributed by atoms with Crippen molar-refractivity contribution in [2.24, 2.45) is 0 Å². The molecule has 0 aromatic carbocycles. The summed E-state index contributed by atoms with van der Waals surface area (Å²) in [5.41, 5.74) is 0.442. The fraction of sp³-hybridized carbons (Fsp3) is 1.00. The van der Waals surface area contributed by atoms with E-state index in [-0.39, 0.29) is 0 Å². The topological polar surface area (TPSA) is 12.0 Å². The van der Waals surface area contributed by atoms with Gasteiger partial charge in [0, 0.05) is 11.6 Å². The van der Waals surface area contributed by atoms with Gasteiger partial charge in [0.1, 0.15) is 0 Å². The molecule has 1 heterocycles. The highest BCUT2D eigenvalue weighted by molar-refractivity contribution is 4.88. The largest absolute Gasteiger partial charge is 0.309 e. The van der Waals surface area contributed by atoms with Gasteiger partial charge >= 0.3 is 0 Å². The van der Waals surface area contributed by atoms with Crippen molar-refractivity contribution in [2.75, 3.05) is 0 Å². The Labute approximate surface area is 91.7 Å². The van der Waals surface area contributed by atoms with Crippen LogP contribution in [0, 0.1) is 0 Å². The van der Waals surface area contributed by atoms with Crippen LogP contribution >= 0.6 is 0 Å². The van der Waals surface area contributed by atoms with Gasteiger partial charge in [-0.05, 0) is 33.1 Å². The molecule has 1 rings (SSSR count). The minimum Gasteiger partial charge on any atom is -0.309 e. The average Bonchev–Trinajstić information content (AvgIpc) is 2.24. The van der Waals surface area contributed by atoms with Crippen LogP contribution in [0.15, 0.2) is 0 Å². The van der Waals surface area contributed by atoms with E-state index in [0.29, 0.717) is 5.54 Å². The van der Waals surface area contributed by atoms with Gasteiger partial charge in [-0.1, -0.05) is 41.0 Å². The summed E-state index contributed by atoms with van der Waals surface area (Å²) in [5.74, 6) is 0. The van der Waals surface area contributed by atoms with Gasteiger partial charge in [0.15, 0.2) is 0 Å². The molecule has 1 heteroatoms. The Morgan fingerprint density at radius 3 is 2.00 bits per heavy atom. The number of piperidine rings is 1. The molecule has 0 aromatic heterocycles. The molecule has 0 aliphatic carbocycles. The summed E-state index contributed by atoms with van der Waals surface area (Å²) >= 11 is 0. The van der Waals surface area contributed by atoms with Crippen LogP contribution in [0.5, 0.6) is 0 Å². The van der Waals surface area contributed by atoms with Crippen LogP contribution < -0.4 is 5.32 Å². The maximum absolute atomic E-state index is 3.64. The molecule has 0 bridgehead atoms. The Balaban J connectivity index is 0. The molecule has 2 atom stereocenters. The first-order chi connectivity index (χ1) is 6.66. The summed E-state index contributed by atoms with van der Waals surface area (Å²) < 4.78 is 0. The van der Waals surface area contributed by atoms with Crippen molar-refractivity contribution in [3.8, 4) is 0 Å². The van der Waals surface area contributed by atoms with E-state index in [1.807, 2.05) is 27.7 Å². The zero-order valence-electron chi connectivity index (χ0n) is 11.4. The Morgan fingerprint density at radius 1 is 1.21 bits per heavy atom. The lowest BCUT2D eigenvalue weighted by atomic mass is 9.86. The molecule has 0 amide bonds. The summed E-state index contributed by atoms with van der Waals surface area (Å²) in [6.45, 7) is 14.9. The van der Waals surface area contributed by atoms with E-state index < -0.39 is 0 Å². The predicted molar refractivity (Wildman–Crippen MR) is 67.8 cm³/mol. The molecule has 1 aliphatic rings. The Hall–Kier alpha value is -0.0400. The van der Waals surface area contributed by atoms with E-state index in [1.54, 1.807) is 0 Å². The molecule has 0 saturated carbocycles. The van der Waals surface area contributed by atoms with Crippen LogP contribution in [0.1, 0.15) is 74.1 Å². The molecular formula is C13H31N. The second-order valence-corrected chi connectivity index (χ2v) is 3.85. The number of rotatable bonds is 1. The fourth-order valence-electron chi connectivity index (χ4n) is 1.82. The highest BCUT2D eigenvalue weighted by atomic mass is 15.0. The zero-order valence-corrected chi connectivity index (χ0v) is 11.4. The summed E-state index contributed by atoms with van der Waals surface area (Å²) in [5, 5.41) is 3.64. The first-order valence-electron chi connectivity index (χ1n) is 6.44. The molecular weight excluding hydrogens is 170 g/mol. The van der Waals surface area contributed by atoms with Crippen molar-refractivity contribution in [1.29, 1.82) is 0 Å². The van der Waals surface area contributed by atoms with Crippen LogP contribution in [0.25, 0.3) is 0 Å². The van der Waals surface area contributed by atoms with Gasteiger partial charge in [0.2, 0.25) is 0 Å². The van der Waals surface area contributed by atoms with Crippen molar-refractivity contribution >= 4 is 0 Å². The van der Waals surface area contributed by atoms with Crippen molar-refractivity contribution in [1.82, 2.24) is 5.32 Å². The number of hydrogen-bond acceptors (Lipinski definition) is 1. The van der Waals surface area contributed by atoms with Crippen LogP contribution in [0.2, 0.25) is 0 Å². The second-order valence-electron chi connectivity index (χ2n) is 3.85. The Bertz CT molecular complexity index is 112. The smallest absolute Gasteiger partial charge is 0.0153 e. The van der Waals surface area contributed by atoms with Crippen LogP contribution in [-0.2, 0) is 0 Å². The van der Waals surface area contributed by atoms with Crippen LogP contribution in [-0.4, -0.2) is 11.6 Å². The molecule has 2 unspecified atom stereocenters. The predicted octanol–water partition coefficient (Wildman–Crippen LogP) is 4.37. The maximum atomic E-state index is 3.64. The highest BCUT2D eigenvalue weighted by Crippen LogP contribution is 2.24. The summed E-state index contributed by atoms with van der Waals surface area (Å²) in [7, 11) is 0. The van der Waals surface area contributed by atoms with E-state index in [2.05, 4.69) is 26.1 Å². The lowest BCUT2D eigenvalue weighted by molar-refractivity contribution is 0.226. The monoisotopic (exact) mass is 201 g/mol. The second kappa shape index (κ2) is 9.51. The van der Waals surface area contributed by atoms with Gasteiger partial charge in [-0.3, -0.25) is 0 Å². The van der Waals surface area contributed by atoms with Gasteiger partial charge in [-0.2, -0.15) is 0 Å². The molecule has 88 valence electrons. The van der Waals surface area contributed by atoms with Crippen molar-refractivity contribution in [2.45, 2.75) is 85.7 Å². The van der Waals surface area contributed by atoms with E-state index in [1.165, 1.54) is 25.7 Å². The highest BCUT2D eigenvalue weighted by Gasteiger charge is 2.26. The third-order valence-electron chi connectivity index (χ3n) is 2.74. The van der Waals surface area contributed by atoms with E-state index in [9.17, 15) is 0 Å². The summed E-state index contributed by atoms with van der Waals surface area (Å²) in [6.07, 6.45) is 5.37. The normalized spacial score (nSPS) is 30.6. The van der Waals surface area contributed by atoms with Gasteiger partial charge in [0.05, 0.1) is 0 Å². The fourth-order valence-corrected chi connectivity index (χ4v) is 1.82. The van der Waals surface area contributed by atoms with Crippen LogP contribution in [0.4, 0.5) is 0 Å².